The van der Waals surface area contributed by atoms with Gasteiger partial charge in [-0.2, -0.15) is 0 Å². The Labute approximate surface area is 176 Å². The van der Waals surface area contributed by atoms with Gasteiger partial charge in [-0.15, -0.1) is 0 Å². The first kappa shape index (κ1) is 18.9. The van der Waals surface area contributed by atoms with E-state index in [0.29, 0.717) is 6.54 Å². The number of fused-ring (bicyclic) bond motifs is 6. The number of hydrogen-bond donors (Lipinski definition) is 2. The third-order valence-corrected chi connectivity index (χ3v) is 6.91. The largest absolute Gasteiger partial charge is 0.355 e. The standard InChI is InChI=1S/C25H27N3O2/c1-4-16(5-2)23(29)28-13-12-17-18-14-15(3)10-11-20(18)26-22(17)25(28)19-8-6-7-9-21(19)27-24(25)30/h6-11,14,16,26H,4-5,12-13H2,1-3H3,(H,27,30)/t25-/m0/s1. The molecule has 2 amide bonds. The lowest BCUT2D eigenvalue weighted by Gasteiger charge is -2.44. The van der Waals surface area contributed by atoms with E-state index in [9.17, 15) is 9.59 Å². The molecule has 0 bridgehead atoms. The Morgan fingerprint density at radius 3 is 2.70 bits per heavy atom. The number of aromatic amines is 1. The molecule has 1 atom stereocenters. The van der Waals surface area contributed by atoms with Crippen LogP contribution in [0.1, 0.15) is 49.1 Å². The fraction of sp³-hybridized carbons (Fsp3) is 0.360. The van der Waals surface area contributed by atoms with E-state index in [2.05, 4.69) is 35.4 Å². The minimum Gasteiger partial charge on any atom is -0.355 e. The zero-order valence-corrected chi connectivity index (χ0v) is 17.7. The van der Waals surface area contributed by atoms with E-state index < -0.39 is 5.54 Å². The summed E-state index contributed by atoms with van der Waals surface area (Å²) in [6.45, 7) is 6.70. The lowest BCUT2D eigenvalue weighted by molar-refractivity contribution is -0.147. The Morgan fingerprint density at radius 1 is 1.17 bits per heavy atom. The van der Waals surface area contributed by atoms with E-state index in [1.165, 1.54) is 5.56 Å². The van der Waals surface area contributed by atoms with Crippen LogP contribution < -0.4 is 5.32 Å². The summed E-state index contributed by atoms with van der Waals surface area (Å²) in [6.07, 6.45) is 2.27. The number of benzene rings is 2. The van der Waals surface area contributed by atoms with Gasteiger partial charge in [-0.1, -0.05) is 43.7 Å². The summed E-state index contributed by atoms with van der Waals surface area (Å²) in [5.74, 6) is -0.171. The number of aromatic nitrogens is 1. The minimum atomic E-state index is -1.14. The van der Waals surface area contributed by atoms with E-state index >= 15 is 0 Å². The zero-order valence-electron chi connectivity index (χ0n) is 17.7. The number of aryl methyl sites for hydroxylation is 1. The molecule has 5 heteroatoms. The molecule has 0 fully saturated rings. The summed E-state index contributed by atoms with van der Waals surface area (Å²) < 4.78 is 0. The molecule has 1 aromatic heterocycles. The fourth-order valence-electron chi connectivity index (χ4n) is 5.35. The van der Waals surface area contributed by atoms with Gasteiger partial charge in [-0.25, -0.2) is 0 Å². The number of H-pyrrole nitrogens is 1. The lowest BCUT2D eigenvalue weighted by Crippen LogP contribution is -2.59. The van der Waals surface area contributed by atoms with E-state index in [1.54, 1.807) is 0 Å². The van der Waals surface area contributed by atoms with Gasteiger partial charge in [-0.05, 0) is 49.9 Å². The Balaban J connectivity index is 1.82. The zero-order chi connectivity index (χ0) is 21.0. The van der Waals surface area contributed by atoms with Crippen LogP contribution in [0.5, 0.6) is 0 Å². The fourth-order valence-corrected chi connectivity index (χ4v) is 5.35. The van der Waals surface area contributed by atoms with Crippen LogP contribution in [0, 0.1) is 12.8 Å². The van der Waals surface area contributed by atoms with Crippen LogP contribution in [0.15, 0.2) is 42.5 Å². The summed E-state index contributed by atoms with van der Waals surface area (Å²) in [6, 6.07) is 14.1. The molecule has 3 aromatic rings. The number of amides is 2. The number of hydrogen-bond acceptors (Lipinski definition) is 2. The second-order valence-electron chi connectivity index (χ2n) is 8.49. The molecule has 2 aromatic carbocycles. The molecule has 0 unspecified atom stereocenters. The summed E-state index contributed by atoms with van der Waals surface area (Å²) in [4.78, 5) is 32.8. The molecule has 5 nitrogen and oxygen atoms in total. The van der Waals surface area contributed by atoms with Gasteiger partial charge in [0.15, 0.2) is 5.54 Å². The van der Waals surface area contributed by atoms with Crippen LogP contribution >= 0.6 is 0 Å². The van der Waals surface area contributed by atoms with Crippen molar-refractivity contribution in [1.29, 1.82) is 0 Å². The van der Waals surface area contributed by atoms with Crippen LogP contribution in [-0.4, -0.2) is 28.2 Å². The molecular formula is C25H27N3O2. The van der Waals surface area contributed by atoms with Gasteiger partial charge >= 0.3 is 0 Å². The van der Waals surface area contributed by atoms with Crippen molar-refractivity contribution in [1.82, 2.24) is 9.88 Å². The maximum absolute atomic E-state index is 13.7. The number of carbonyl (C=O) groups excluding carboxylic acids is 2. The van der Waals surface area contributed by atoms with Gasteiger partial charge in [-0.3, -0.25) is 9.59 Å². The third kappa shape index (κ3) is 2.35. The number of para-hydroxylation sites is 1. The highest BCUT2D eigenvalue weighted by Crippen LogP contribution is 2.50. The van der Waals surface area contributed by atoms with Gasteiger partial charge < -0.3 is 15.2 Å². The molecule has 2 aliphatic rings. The monoisotopic (exact) mass is 401 g/mol. The molecular weight excluding hydrogens is 374 g/mol. The van der Waals surface area contributed by atoms with Crippen molar-refractivity contribution in [2.45, 2.75) is 45.6 Å². The summed E-state index contributed by atoms with van der Waals surface area (Å²) in [5.41, 5.74) is 4.69. The topological polar surface area (TPSA) is 65.2 Å². The average molecular weight is 402 g/mol. The maximum atomic E-state index is 13.7. The van der Waals surface area contributed by atoms with Gasteiger partial charge in [0.05, 0.1) is 5.69 Å². The highest BCUT2D eigenvalue weighted by molar-refractivity contribution is 6.11. The quantitative estimate of drug-likeness (QED) is 0.679. The molecule has 0 aliphatic carbocycles. The van der Waals surface area contributed by atoms with E-state index in [-0.39, 0.29) is 17.7 Å². The normalized spacial score (nSPS) is 20.0. The van der Waals surface area contributed by atoms with Gasteiger partial charge in [0.1, 0.15) is 0 Å². The van der Waals surface area contributed by atoms with Crippen molar-refractivity contribution in [3.8, 4) is 0 Å². The second-order valence-corrected chi connectivity index (χ2v) is 8.49. The predicted octanol–water partition coefficient (Wildman–Crippen LogP) is 4.49. The minimum absolute atomic E-state index is 0.0624. The van der Waals surface area contributed by atoms with Crippen LogP contribution in [0.3, 0.4) is 0 Å². The number of anilines is 1. The molecule has 154 valence electrons. The van der Waals surface area contributed by atoms with Crippen LogP contribution in [-0.2, 0) is 21.5 Å². The number of nitrogens with one attached hydrogen (secondary N) is 2. The number of nitrogens with zero attached hydrogens (tertiary/aromatic N) is 1. The maximum Gasteiger partial charge on any atom is 0.261 e. The highest BCUT2D eigenvalue weighted by atomic mass is 16.2. The molecule has 1 spiro atoms. The Bertz CT molecular complexity index is 1170. The summed E-state index contributed by atoms with van der Waals surface area (Å²) >= 11 is 0. The van der Waals surface area contributed by atoms with Crippen LogP contribution in [0.2, 0.25) is 0 Å². The molecule has 3 heterocycles. The lowest BCUT2D eigenvalue weighted by atomic mass is 9.79. The van der Waals surface area contributed by atoms with E-state index in [4.69, 9.17) is 0 Å². The first-order chi connectivity index (χ1) is 14.5. The van der Waals surface area contributed by atoms with Gasteiger partial charge in [0.25, 0.3) is 5.91 Å². The Kier molecular flexibility index (Phi) is 4.24. The first-order valence-electron chi connectivity index (χ1n) is 10.9. The Morgan fingerprint density at radius 2 is 1.93 bits per heavy atom. The first-order valence-corrected chi connectivity index (χ1v) is 10.9. The van der Waals surface area contributed by atoms with Gasteiger partial charge in [0.2, 0.25) is 5.91 Å². The molecule has 30 heavy (non-hydrogen) atoms. The predicted molar refractivity (Wildman–Crippen MR) is 118 cm³/mol. The second kappa shape index (κ2) is 6.73. The van der Waals surface area contributed by atoms with Crippen molar-refractivity contribution in [2.24, 2.45) is 5.92 Å². The summed E-state index contributed by atoms with van der Waals surface area (Å²) in [7, 11) is 0. The van der Waals surface area contributed by atoms with Crippen LogP contribution in [0.25, 0.3) is 10.9 Å². The number of carbonyl (C=O) groups is 2. The van der Waals surface area contributed by atoms with Crippen molar-refractivity contribution in [3.63, 3.8) is 0 Å². The smallest absolute Gasteiger partial charge is 0.261 e. The summed E-state index contributed by atoms with van der Waals surface area (Å²) in [5, 5.41) is 4.21. The third-order valence-electron chi connectivity index (χ3n) is 6.91. The molecule has 2 N–H and O–H groups in total. The van der Waals surface area contributed by atoms with Crippen molar-refractivity contribution in [3.05, 3.63) is 64.8 Å². The van der Waals surface area contributed by atoms with E-state index in [1.807, 2.05) is 43.0 Å². The highest BCUT2D eigenvalue weighted by Gasteiger charge is 2.58. The molecule has 0 saturated heterocycles. The molecule has 5 rings (SSSR count). The average Bonchev–Trinajstić information content (AvgIpc) is 3.25. The molecule has 0 radical (unpaired) electrons. The van der Waals surface area contributed by atoms with Crippen molar-refractivity contribution < 1.29 is 9.59 Å². The van der Waals surface area contributed by atoms with E-state index in [0.717, 1.165) is 52.7 Å². The van der Waals surface area contributed by atoms with Crippen LogP contribution in [0.4, 0.5) is 5.69 Å². The molecule has 0 saturated carbocycles. The van der Waals surface area contributed by atoms with Crippen molar-refractivity contribution >= 4 is 28.4 Å². The van der Waals surface area contributed by atoms with Gasteiger partial charge in [0, 0.05) is 34.6 Å². The Hall–Kier alpha value is -3.08. The number of rotatable bonds is 3. The van der Waals surface area contributed by atoms with Crippen molar-refractivity contribution in [2.75, 3.05) is 11.9 Å². The molecule has 2 aliphatic heterocycles. The SMILES string of the molecule is CCC(CC)C(=O)N1CCc2c([nH]c3ccc(C)cc23)[C@@]12C(=O)Nc1ccccc12.